The summed E-state index contributed by atoms with van der Waals surface area (Å²) in [6.07, 6.45) is 4.82. The molecule has 2 rings (SSSR count). The van der Waals surface area contributed by atoms with Crippen LogP contribution in [0.1, 0.15) is 18.7 Å². The second-order valence-corrected chi connectivity index (χ2v) is 2.81. The van der Waals surface area contributed by atoms with Crippen molar-refractivity contribution in [2.24, 2.45) is 0 Å². The summed E-state index contributed by atoms with van der Waals surface area (Å²) >= 11 is 0. The van der Waals surface area contributed by atoms with Crippen LogP contribution in [0.4, 0.5) is 0 Å². The van der Waals surface area contributed by atoms with Gasteiger partial charge in [-0.1, -0.05) is 0 Å². The predicted octanol–water partition coefficient (Wildman–Crippen LogP) is 1.00. The molecule has 1 aliphatic rings. The Balaban J connectivity index is 0.000000720. The normalized spacial score (nSPS) is 14.7. The number of nitrogens with zero attached hydrogens (tertiary/aromatic N) is 2. The van der Waals surface area contributed by atoms with Gasteiger partial charge in [-0.05, 0) is 12.8 Å². The maximum absolute atomic E-state index is 11.2. The van der Waals surface area contributed by atoms with Gasteiger partial charge in [0, 0.05) is 25.2 Å². The molecule has 66 valence electrons. The van der Waals surface area contributed by atoms with Crippen LogP contribution in [-0.2, 0) is 13.0 Å². The minimum atomic E-state index is 0. The van der Waals surface area contributed by atoms with E-state index in [0.717, 1.165) is 31.6 Å². The van der Waals surface area contributed by atoms with Crippen molar-refractivity contribution in [1.82, 2.24) is 9.55 Å². The molecule has 3 nitrogen and oxygen atoms in total. The standard InChI is InChI=1S/C8H10N2O.ClH/c11-8-4-5-9-7-3-1-2-6-10(7)8;/h4-5H,1-3,6H2;1H. The highest BCUT2D eigenvalue weighted by Gasteiger charge is 2.08. The molecule has 0 amide bonds. The lowest BCUT2D eigenvalue weighted by atomic mass is 10.1. The zero-order chi connectivity index (χ0) is 7.68. The Morgan fingerprint density at radius 3 is 3.00 bits per heavy atom. The fourth-order valence-electron chi connectivity index (χ4n) is 1.47. The summed E-state index contributed by atoms with van der Waals surface area (Å²) < 4.78 is 1.77. The maximum atomic E-state index is 11.2. The first kappa shape index (κ1) is 9.26. The quantitative estimate of drug-likeness (QED) is 0.606. The molecule has 0 saturated heterocycles. The number of hydrogen-bond donors (Lipinski definition) is 0. The summed E-state index contributed by atoms with van der Waals surface area (Å²) in [5.74, 6) is 0.948. The van der Waals surface area contributed by atoms with Crippen LogP contribution in [0.2, 0.25) is 0 Å². The third kappa shape index (κ3) is 1.50. The van der Waals surface area contributed by atoms with Crippen molar-refractivity contribution in [1.29, 1.82) is 0 Å². The number of hydrogen-bond acceptors (Lipinski definition) is 2. The lowest BCUT2D eigenvalue weighted by Crippen LogP contribution is -2.26. The van der Waals surface area contributed by atoms with Crippen LogP contribution in [0.3, 0.4) is 0 Å². The van der Waals surface area contributed by atoms with Gasteiger partial charge in [-0.25, -0.2) is 4.98 Å². The highest BCUT2D eigenvalue weighted by Crippen LogP contribution is 2.07. The average molecular weight is 187 g/mol. The zero-order valence-electron chi connectivity index (χ0n) is 6.69. The Morgan fingerprint density at radius 2 is 2.25 bits per heavy atom. The largest absolute Gasteiger partial charge is 0.297 e. The molecule has 0 saturated carbocycles. The molecule has 0 spiro atoms. The number of halogens is 1. The summed E-state index contributed by atoms with van der Waals surface area (Å²) in [6, 6.07) is 1.52. The van der Waals surface area contributed by atoms with E-state index in [2.05, 4.69) is 4.98 Å². The minimum absolute atomic E-state index is 0. The fourth-order valence-corrected chi connectivity index (χ4v) is 1.47. The Hall–Kier alpha value is -0.830. The van der Waals surface area contributed by atoms with Gasteiger partial charge < -0.3 is 0 Å². The van der Waals surface area contributed by atoms with Gasteiger partial charge >= 0.3 is 0 Å². The Bertz CT molecular complexity index is 321. The smallest absolute Gasteiger partial charge is 0.253 e. The fraction of sp³-hybridized carbons (Fsp3) is 0.500. The zero-order valence-corrected chi connectivity index (χ0v) is 7.51. The van der Waals surface area contributed by atoms with Crippen molar-refractivity contribution < 1.29 is 0 Å². The maximum Gasteiger partial charge on any atom is 0.253 e. The molecule has 0 bridgehead atoms. The van der Waals surface area contributed by atoms with E-state index >= 15 is 0 Å². The van der Waals surface area contributed by atoms with Crippen LogP contribution in [0, 0.1) is 0 Å². The van der Waals surface area contributed by atoms with Crippen LogP contribution in [0.5, 0.6) is 0 Å². The molecule has 1 aromatic heterocycles. The van der Waals surface area contributed by atoms with E-state index in [1.54, 1.807) is 10.8 Å². The van der Waals surface area contributed by atoms with Crippen LogP contribution in [0.25, 0.3) is 0 Å². The highest BCUT2D eigenvalue weighted by molar-refractivity contribution is 5.85. The van der Waals surface area contributed by atoms with E-state index in [-0.39, 0.29) is 18.0 Å². The number of aromatic nitrogens is 2. The summed E-state index contributed by atoms with van der Waals surface area (Å²) in [4.78, 5) is 15.3. The van der Waals surface area contributed by atoms with E-state index < -0.39 is 0 Å². The number of fused-ring (bicyclic) bond motifs is 1. The molecule has 2 heterocycles. The molecule has 0 aromatic carbocycles. The molecule has 0 aliphatic carbocycles. The second-order valence-electron chi connectivity index (χ2n) is 2.81. The highest BCUT2D eigenvalue weighted by atomic mass is 35.5. The molecule has 1 aliphatic heterocycles. The van der Waals surface area contributed by atoms with Gasteiger partial charge in [0.15, 0.2) is 0 Å². The van der Waals surface area contributed by atoms with E-state index in [9.17, 15) is 4.79 Å². The van der Waals surface area contributed by atoms with Gasteiger partial charge in [0.05, 0.1) is 0 Å². The molecule has 0 fully saturated rings. The number of aryl methyl sites for hydroxylation is 1. The van der Waals surface area contributed by atoms with Crippen molar-refractivity contribution in [2.45, 2.75) is 25.8 Å². The lowest BCUT2D eigenvalue weighted by molar-refractivity contribution is 0.496. The molecule has 0 atom stereocenters. The summed E-state index contributed by atoms with van der Waals surface area (Å²) in [6.45, 7) is 0.849. The third-order valence-electron chi connectivity index (χ3n) is 2.05. The molecule has 0 N–H and O–H groups in total. The van der Waals surface area contributed by atoms with Crippen molar-refractivity contribution in [2.75, 3.05) is 0 Å². The van der Waals surface area contributed by atoms with Crippen LogP contribution < -0.4 is 5.56 Å². The molecular formula is C8H11ClN2O. The molecule has 0 radical (unpaired) electrons. The first-order valence-corrected chi connectivity index (χ1v) is 3.92. The third-order valence-corrected chi connectivity index (χ3v) is 2.05. The number of rotatable bonds is 0. The first-order chi connectivity index (χ1) is 5.38. The SMILES string of the molecule is Cl.O=c1ccnc2n1CCCC2. The van der Waals surface area contributed by atoms with Gasteiger partial charge in [-0.2, -0.15) is 0 Å². The summed E-state index contributed by atoms with van der Waals surface area (Å²) in [7, 11) is 0. The Labute approximate surface area is 76.8 Å². The summed E-state index contributed by atoms with van der Waals surface area (Å²) in [5, 5.41) is 0. The van der Waals surface area contributed by atoms with Crippen molar-refractivity contribution in [3.63, 3.8) is 0 Å². The van der Waals surface area contributed by atoms with E-state index in [1.807, 2.05) is 0 Å². The first-order valence-electron chi connectivity index (χ1n) is 3.92. The van der Waals surface area contributed by atoms with Gasteiger partial charge in [-0.15, -0.1) is 12.4 Å². The van der Waals surface area contributed by atoms with Gasteiger partial charge in [-0.3, -0.25) is 9.36 Å². The van der Waals surface area contributed by atoms with Gasteiger partial charge in [0.25, 0.3) is 5.56 Å². The second kappa shape index (κ2) is 3.72. The van der Waals surface area contributed by atoms with Crippen LogP contribution in [-0.4, -0.2) is 9.55 Å². The Kier molecular flexibility index (Phi) is 2.87. The minimum Gasteiger partial charge on any atom is -0.297 e. The Morgan fingerprint density at radius 1 is 1.42 bits per heavy atom. The topological polar surface area (TPSA) is 34.9 Å². The van der Waals surface area contributed by atoms with Crippen molar-refractivity contribution in [3.8, 4) is 0 Å². The van der Waals surface area contributed by atoms with Crippen LogP contribution >= 0.6 is 12.4 Å². The predicted molar refractivity (Wildman–Crippen MR) is 48.7 cm³/mol. The van der Waals surface area contributed by atoms with Gasteiger partial charge in [0.1, 0.15) is 5.82 Å². The van der Waals surface area contributed by atoms with E-state index in [4.69, 9.17) is 0 Å². The van der Waals surface area contributed by atoms with Crippen molar-refractivity contribution in [3.05, 3.63) is 28.4 Å². The molecule has 12 heavy (non-hydrogen) atoms. The van der Waals surface area contributed by atoms with Crippen LogP contribution in [0.15, 0.2) is 17.1 Å². The molecular weight excluding hydrogens is 176 g/mol. The lowest BCUT2D eigenvalue weighted by Gasteiger charge is -2.15. The molecule has 4 heteroatoms. The van der Waals surface area contributed by atoms with Gasteiger partial charge in [0.2, 0.25) is 0 Å². The average Bonchev–Trinajstić information content (AvgIpc) is 2.06. The van der Waals surface area contributed by atoms with Crippen molar-refractivity contribution >= 4 is 12.4 Å². The van der Waals surface area contributed by atoms with E-state index in [1.165, 1.54) is 6.07 Å². The molecule has 1 aromatic rings. The summed E-state index contributed by atoms with van der Waals surface area (Å²) in [5.41, 5.74) is 0.0923. The van der Waals surface area contributed by atoms with E-state index in [0.29, 0.717) is 0 Å². The monoisotopic (exact) mass is 186 g/mol. The molecule has 0 unspecified atom stereocenters.